The zero-order chi connectivity index (χ0) is 18.8. The third-order valence-corrected chi connectivity index (χ3v) is 6.19. The van der Waals surface area contributed by atoms with Crippen LogP contribution in [0.25, 0.3) is 0 Å². The molecule has 13 heteroatoms. The maximum Gasteiger partial charge on any atom is 0.330 e. The molecule has 0 amide bonds. The zero-order valence-corrected chi connectivity index (χ0v) is 15.1. The van der Waals surface area contributed by atoms with Crippen molar-refractivity contribution in [3.8, 4) is 0 Å². The van der Waals surface area contributed by atoms with Gasteiger partial charge in [0.2, 0.25) is 0 Å². The summed E-state index contributed by atoms with van der Waals surface area (Å²) in [6.45, 7) is 0.482. The van der Waals surface area contributed by atoms with Crippen LogP contribution in [0.4, 0.5) is 0 Å². The maximum absolute atomic E-state index is 12.0. The molecule has 2 aliphatic heterocycles. The normalized spacial score (nSPS) is 30.4. The molecule has 0 bridgehead atoms. The first-order chi connectivity index (χ1) is 11.4. The Kier molecular flexibility index (Phi) is 6.56. The Morgan fingerprint density at radius 1 is 0.840 bits per heavy atom. The van der Waals surface area contributed by atoms with Crippen molar-refractivity contribution < 1.29 is 43.0 Å². The van der Waals surface area contributed by atoms with E-state index in [1.165, 1.54) is 0 Å². The van der Waals surface area contributed by atoms with Gasteiger partial charge in [0.1, 0.15) is 12.1 Å². The van der Waals surface area contributed by atoms with Crippen molar-refractivity contribution in [2.24, 2.45) is 11.8 Å². The van der Waals surface area contributed by atoms with Gasteiger partial charge in [0.25, 0.3) is 0 Å². The van der Waals surface area contributed by atoms with Crippen LogP contribution in [0.15, 0.2) is 0 Å². The second kappa shape index (κ2) is 7.94. The number of carbonyl (C=O) groups excluding carboxylic acids is 2. The molecule has 2 rings (SSSR count). The minimum atomic E-state index is -4.17. The summed E-state index contributed by atoms with van der Waals surface area (Å²) < 4.78 is 26.7. The molecule has 0 aliphatic carbocycles. The quantitative estimate of drug-likeness (QED) is 0.171. The molecule has 0 radical (unpaired) electrons. The van der Waals surface area contributed by atoms with E-state index in [0.29, 0.717) is 0 Å². The largest absolute Gasteiger partial charge is 0.391 e. The Balaban J connectivity index is 1.79. The number of rotatable bonds is 6. The number of hydrogen-bond donors (Lipinski definition) is 6. The summed E-state index contributed by atoms with van der Waals surface area (Å²) in [7, 11) is -8.35. The van der Waals surface area contributed by atoms with E-state index in [9.17, 15) is 18.7 Å². The molecule has 144 valence electrons. The van der Waals surface area contributed by atoms with Gasteiger partial charge in [-0.3, -0.25) is 9.13 Å². The number of nitrogens with one attached hydrogen (secondary N) is 2. The molecular formula is C12H22N2O9P2. The van der Waals surface area contributed by atoms with Gasteiger partial charge in [-0.1, -0.05) is 0 Å². The van der Waals surface area contributed by atoms with Crippen molar-refractivity contribution in [1.29, 1.82) is 0 Å². The summed E-state index contributed by atoms with van der Waals surface area (Å²) in [6, 6.07) is -1.62. The fraction of sp³-hybridized carbons (Fsp3) is 0.833. The van der Waals surface area contributed by atoms with Crippen molar-refractivity contribution in [3.63, 3.8) is 0 Å². The second-order valence-corrected chi connectivity index (χ2v) is 9.95. The van der Waals surface area contributed by atoms with E-state index in [1.807, 2.05) is 0 Å². The van der Waals surface area contributed by atoms with Crippen LogP contribution in [0.2, 0.25) is 0 Å². The lowest BCUT2D eigenvalue weighted by Gasteiger charge is -2.13. The molecule has 0 aromatic heterocycles. The van der Waals surface area contributed by atoms with Crippen molar-refractivity contribution in [2.75, 3.05) is 25.4 Å². The van der Waals surface area contributed by atoms with Crippen LogP contribution in [0.1, 0.15) is 12.8 Å². The summed E-state index contributed by atoms with van der Waals surface area (Å²) >= 11 is 0. The van der Waals surface area contributed by atoms with E-state index in [1.54, 1.807) is 0 Å². The second-order valence-electron chi connectivity index (χ2n) is 6.56. The Morgan fingerprint density at radius 2 is 1.20 bits per heavy atom. The average Bonchev–Trinajstić information content (AvgIpc) is 3.04. The summed E-state index contributed by atoms with van der Waals surface area (Å²) in [5.74, 6) is -2.41. The van der Waals surface area contributed by atoms with Crippen molar-refractivity contribution in [2.45, 2.75) is 24.9 Å². The van der Waals surface area contributed by atoms with E-state index in [0.717, 1.165) is 0 Å². The van der Waals surface area contributed by atoms with Gasteiger partial charge < -0.3 is 34.9 Å². The Hall–Kier alpha value is -0.640. The van der Waals surface area contributed by atoms with Crippen molar-refractivity contribution in [3.05, 3.63) is 0 Å². The monoisotopic (exact) mass is 400 g/mol. The molecule has 4 atom stereocenters. The molecule has 2 fully saturated rings. The maximum atomic E-state index is 12.0. The van der Waals surface area contributed by atoms with Gasteiger partial charge in [-0.05, 0) is 37.8 Å². The third kappa shape index (κ3) is 6.88. The highest BCUT2D eigenvalue weighted by Crippen LogP contribution is 2.40. The van der Waals surface area contributed by atoms with Crippen LogP contribution in [0.3, 0.4) is 0 Å². The smallest absolute Gasteiger partial charge is 0.330 e. The SMILES string of the molecule is O=C(OC(=O)[C@@H]1CC(CP(=O)(O)O)CN1)C1CC(CP(=O)(O)O)CN1. The lowest BCUT2D eigenvalue weighted by atomic mass is 10.1. The van der Waals surface area contributed by atoms with Gasteiger partial charge in [-0.2, -0.15) is 0 Å². The number of carbonyl (C=O) groups is 2. The molecule has 6 N–H and O–H groups in total. The van der Waals surface area contributed by atoms with E-state index < -0.39 is 39.2 Å². The first-order valence-electron chi connectivity index (χ1n) is 7.74. The first-order valence-corrected chi connectivity index (χ1v) is 11.3. The molecule has 25 heavy (non-hydrogen) atoms. The highest BCUT2D eigenvalue weighted by molar-refractivity contribution is 7.52. The fourth-order valence-electron chi connectivity index (χ4n) is 3.17. The highest BCUT2D eigenvalue weighted by Gasteiger charge is 2.38. The summed E-state index contributed by atoms with van der Waals surface area (Å²) in [5.41, 5.74) is 0. The third-order valence-electron chi connectivity index (χ3n) is 4.21. The fourth-order valence-corrected chi connectivity index (χ4v) is 5.07. The minimum Gasteiger partial charge on any atom is -0.391 e. The average molecular weight is 400 g/mol. The molecule has 2 saturated heterocycles. The van der Waals surface area contributed by atoms with E-state index in [4.69, 9.17) is 24.3 Å². The van der Waals surface area contributed by atoms with E-state index in [2.05, 4.69) is 10.6 Å². The molecule has 0 aromatic carbocycles. The molecule has 0 saturated carbocycles. The van der Waals surface area contributed by atoms with Gasteiger partial charge in [0.15, 0.2) is 0 Å². The topological polar surface area (TPSA) is 182 Å². The van der Waals surface area contributed by atoms with Crippen molar-refractivity contribution in [1.82, 2.24) is 10.6 Å². The van der Waals surface area contributed by atoms with Gasteiger partial charge in [-0.25, -0.2) is 9.59 Å². The predicted octanol–water partition coefficient (Wildman–Crippen LogP) is -1.63. The molecule has 11 nitrogen and oxygen atoms in total. The molecule has 3 unspecified atom stereocenters. The van der Waals surface area contributed by atoms with Crippen LogP contribution in [-0.2, 0) is 23.5 Å². The standard InChI is InChI=1S/C12H22N2O9P2/c15-11(9-1-7(3-13-9)5-24(17,18)19)23-12(16)10-2-8(4-14-10)6-25(20,21)22/h7-10,13-14H,1-6H2,(H2,17,18,19)(H2,20,21,22)/t7?,8?,9-,10?/m0/s1. The van der Waals surface area contributed by atoms with Gasteiger partial charge >= 0.3 is 27.1 Å². The van der Waals surface area contributed by atoms with Crippen LogP contribution < -0.4 is 10.6 Å². The van der Waals surface area contributed by atoms with Crippen molar-refractivity contribution >= 4 is 27.1 Å². The Bertz CT molecular complexity index is 564. The number of esters is 2. The van der Waals surface area contributed by atoms with Gasteiger partial charge in [0, 0.05) is 0 Å². The summed E-state index contributed by atoms with van der Waals surface area (Å²) in [5, 5.41) is 5.54. The molecule has 0 spiro atoms. The Labute approximate surface area is 143 Å². The minimum absolute atomic E-state index is 0.163. The molecular weight excluding hydrogens is 378 g/mol. The zero-order valence-electron chi connectivity index (χ0n) is 13.3. The molecule has 2 aliphatic rings. The summed E-state index contributed by atoms with van der Waals surface area (Å²) in [6.07, 6.45) is -0.357. The number of ether oxygens (including phenoxy) is 1. The molecule has 0 aromatic rings. The van der Waals surface area contributed by atoms with Crippen LogP contribution in [-0.4, -0.2) is 69.0 Å². The number of hydrogen-bond acceptors (Lipinski definition) is 7. The first kappa shape index (κ1) is 20.7. The Morgan fingerprint density at radius 3 is 1.52 bits per heavy atom. The van der Waals surface area contributed by atoms with Gasteiger partial charge in [0.05, 0.1) is 12.3 Å². The lowest BCUT2D eigenvalue weighted by molar-refractivity contribution is -0.162. The van der Waals surface area contributed by atoms with Crippen LogP contribution in [0, 0.1) is 11.8 Å². The van der Waals surface area contributed by atoms with Gasteiger partial charge in [-0.15, -0.1) is 0 Å². The molecule has 2 heterocycles. The van der Waals surface area contributed by atoms with Crippen LogP contribution in [0.5, 0.6) is 0 Å². The van der Waals surface area contributed by atoms with Crippen LogP contribution >= 0.6 is 15.2 Å². The lowest BCUT2D eigenvalue weighted by Crippen LogP contribution is -2.39. The predicted molar refractivity (Wildman–Crippen MR) is 84.7 cm³/mol. The summed E-state index contributed by atoms with van der Waals surface area (Å²) in [4.78, 5) is 59.8. The van der Waals surface area contributed by atoms with E-state index in [-0.39, 0.29) is 50.1 Å². The van der Waals surface area contributed by atoms with E-state index >= 15 is 0 Å². The highest BCUT2D eigenvalue weighted by atomic mass is 31.2.